The normalized spacial score (nSPS) is 9.42. The molecule has 0 atom stereocenters. The average molecular weight is 171 g/mol. The number of nitrogens with zero attached hydrogens (tertiary/aromatic N) is 2. The number of aliphatic hydroxyl groups excluding tert-OH is 1. The summed E-state index contributed by atoms with van der Waals surface area (Å²) >= 11 is 0. The van der Waals surface area contributed by atoms with Crippen molar-refractivity contribution in [3.63, 3.8) is 0 Å². The molecule has 0 aliphatic rings. The fourth-order valence-electron chi connectivity index (χ4n) is 0.594. The van der Waals surface area contributed by atoms with Crippen molar-refractivity contribution >= 4 is 11.8 Å². The highest BCUT2D eigenvalue weighted by Crippen LogP contribution is 1.93. The predicted molar refractivity (Wildman–Crippen MR) is 40.5 cm³/mol. The zero-order chi connectivity index (χ0) is 8.81. The molecule has 0 aromatic carbocycles. The summed E-state index contributed by atoms with van der Waals surface area (Å²) in [5.74, 6) is 0.408. The maximum atomic E-state index is 10.9. The van der Waals surface area contributed by atoms with Gasteiger partial charge in [0, 0.05) is 6.54 Å². The number of aromatic amines is 1. The molecule has 0 radical (unpaired) electrons. The Balaban J connectivity index is 2.27. The largest absolute Gasteiger partial charge is 0.395 e. The Morgan fingerprint density at radius 3 is 3.17 bits per heavy atom. The predicted octanol–water partition coefficient (Wildman–Crippen LogP) is -1.08. The Morgan fingerprint density at radius 1 is 1.75 bits per heavy atom. The fraction of sp³-hybridized carbons (Fsp3) is 0.400. The van der Waals surface area contributed by atoms with Crippen LogP contribution in [0.5, 0.6) is 0 Å². The number of carbonyl (C=O) groups is 1. The van der Waals surface area contributed by atoms with E-state index < -0.39 is 6.03 Å². The first-order valence-electron chi connectivity index (χ1n) is 3.34. The highest BCUT2D eigenvalue weighted by Gasteiger charge is 2.00. The molecule has 0 aliphatic heterocycles. The van der Waals surface area contributed by atoms with Gasteiger partial charge in [0.15, 0.2) is 0 Å². The van der Waals surface area contributed by atoms with Crippen LogP contribution in [-0.4, -0.2) is 39.7 Å². The summed E-state index contributed by atoms with van der Waals surface area (Å²) < 4.78 is 0. The lowest BCUT2D eigenvalue weighted by atomic mass is 10.6. The molecule has 0 bridgehead atoms. The zero-order valence-electron chi connectivity index (χ0n) is 6.24. The average Bonchev–Trinajstić information content (AvgIpc) is 2.53. The van der Waals surface area contributed by atoms with Gasteiger partial charge in [0.05, 0.1) is 12.8 Å². The molecule has 0 unspecified atom stereocenters. The van der Waals surface area contributed by atoms with Crippen LogP contribution in [0.3, 0.4) is 0 Å². The highest BCUT2D eigenvalue weighted by molar-refractivity contribution is 5.87. The summed E-state index contributed by atoms with van der Waals surface area (Å²) in [5, 5.41) is 22.5. The molecule has 0 fully saturated rings. The van der Waals surface area contributed by atoms with Crippen LogP contribution in [0.25, 0.3) is 0 Å². The second kappa shape index (κ2) is 4.29. The van der Waals surface area contributed by atoms with Crippen LogP contribution in [-0.2, 0) is 0 Å². The minimum absolute atomic E-state index is 0.0886. The number of hydrogen-bond acceptors (Lipinski definition) is 4. The number of hydrogen-bond donors (Lipinski definition) is 4. The highest BCUT2D eigenvalue weighted by atomic mass is 16.3. The van der Waals surface area contributed by atoms with Gasteiger partial charge in [0.1, 0.15) is 5.82 Å². The molecule has 7 nitrogen and oxygen atoms in total. The Labute approximate surface area is 68.2 Å². The Kier molecular flexibility index (Phi) is 3.03. The first-order chi connectivity index (χ1) is 5.83. The maximum Gasteiger partial charge on any atom is 0.320 e. The van der Waals surface area contributed by atoms with Gasteiger partial charge < -0.3 is 10.4 Å². The van der Waals surface area contributed by atoms with Crippen LogP contribution < -0.4 is 10.6 Å². The summed E-state index contributed by atoms with van der Waals surface area (Å²) in [5.41, 5.74) is 0. The van der Waals surface area contributed by atoms with Crippen molar-refractivity contribution < 1.29 is 9.90 Å². The monoisotopic (exact) mass is 171 g/mol. The molecule has 0 saturated carbocycles. The third-order valence-corrected chi connectivity index (χ3v) is 1.06. The molecule has 7 heteroatoms. The van der Waals surface area contributed by atoms with Gasteiger partial charge in [-0.2, -0.15) is 0 Å². The maximum absolute atomic E-state index is 10.9. The van der Waals surface area contributed by atoms with E-state index in [4.69, 9.17) is 5.11 Å². The molecule has 0 saturated heterocycles. The fourth-order valence-corrected chi connectivity index (χ4v) is 0.594. The van der Waals surface area contributed by atoms with Crippen molar-refractivity contribution in [2.75, 3.05) is 18.5 Å². The number of amides is 2. The number of anilines is 1. The van der Waals surface area contributed by atoms with Crippen molar-refractivity contribution in [2.24, 2.45) is 0 Å². The van der Waals surface area contributed by atoms with Crippen molar-refractivity contribution in [3.8, 4) is 0 Å². The number of rotatable bonds is 3. The zero-order valence-corrected chi connectivity index (χ0v) is 6.24. The molecule has 12 heavy (non-hydrogen) atoms. The molecule has 0 aliphatic carbocycles. The van der Waals surface area contributed by atoms with Gasteiger partial charge in [-0.25, -0.2) is 9.89 Å². The summed E-state index contributed by atoms with van der Waals surface area (Å²) in [6, 6.07) is -0.407. The summed E-state index contributed by atoms with van der Waals surface area (Å²) in [6.07, 6.45) is 1.37. The van der Waals surface area contributed by atoms with Crippen LogP contribution in [0.4, 0.5) is 10.6 Å². The van der Waals surface area contributed by atoms with Crippen molar-refractivity contribution in [1.82, 2.24) is 20.7 Å². The lowest BCUT2D eigenvalue weighted by Gasteiger charge is -2.02. The van der Waals surface area contributed by atoms with E-state index in [1.54, 1.807) is 0 Å². The molecular formula is C5H9N5O2. The number of aromatic nitrogens is 3. The van der Waals surface area contributed by atoms with E-state index in [0.717, 1.165) is 0 Å². The molecule has 2 amide bonds. The minimum atomic E-state index is -0.407. The van der Waals surface area contributed by atoms with E-state index in [0.29, 0.717) is 5.82 Å². The molecule has 1 aromatic heterocycles. The summed E-state index contributed by atoms with van der Waals surface area (Å²) in [7, 11) is 0. The Bertz CT molecular complexity index is 234. The molecule has 1 rings (SSSR count). The van der Waals surface area contributed by atoms with Gasteiger partial charge in [-0.3, -0.25) is 5.32 Å². The van der Waals surface area contributed by atoms with Crippen molar-refractivity contribution in [2.45, 2.75) is 0 Å². The van der Waals surface area contributed by atoms with Crippen molar-refractivity contribution in [3.05, 3.63) is 6.20 Å². The second-order valence-electron chi connectivity index (χ2n) is 1.97. The number of nitrogens with one attached hydrogen (secondary N) is 3. The van der Waals surface area contributed by atoms with E-state index in [1.807, 2.05) is 0 Å². The number of aliphatic hydroxyl groups is 1. The lowest BCUT2D eigenvalue weighted by Crippen LogP contribution is -2.31. The first kappa shape index (κ1) is 8.47. The topological polar surface area (TPSA) is 103 Å². The molecule has 1 heterocycles. The summed E-state index contributed by atoms with van der Waals surface area (Å²) in [6.45, 7) is 0.127. The number of urea groups is 1. The Morgan fingerprint density at radius 2 is 2.58 bits per heavy atom. The van der Waals surface area contributed by atoms with E-state index in [1.165, 1.54) is 6.20 Å². The van der Waals surface area contributed by atoms with Gasteiger partial charge in [0.25, 0.3) is 0 Å². The third-order valence-electron chi connectivity index (χ3n) is 1.06. The standard InChI is InChI=1S/C5H9N5O2/c11-2-1-6-5(12)8-4-3-7-10-9-4/h3,11H,1-2H2,(H3,6,7,8,9,10,12). The van der Waals surface area contributed by atoms with Gasteiger partial charge in [-0.05, 0) is 0 Å². The van der Waals surface area contributed by atoms with Crippen LogP contribution in [0.2, 0.25) is 0 Å². The van der Waals surface area contributed by atoms with Crippen LogP contribution in [0, 0.1) is 0 Å². The number of carbonyl (C=O) groups excluding carboxylic acids is 1. The minimum Gasteiger partial charge on any atom is -0.395 e. The van der Waals surface area contributed by atoms with E-state index in [2.05, 4.69) is 26.0 Å². The van der Waals surface area contributed by atoms with E-state index in [9.17, 15) is 4.79 Å². The molecular weight excluding hydrogens is 162 g/mol. The smallest absolute Gasteiger partial charge is 0.320 e. The van der Waals surface area contributed by atoms with Gasteiger partial charge in [-0.1, -0.05) is 5.21 Å². The first-order valence-corrected chi connectivity index (χ1v) is 3.34. The van der Waals surface area contributed by atoms with Crippen molar-refractivity contribution in [1.29, 1.82) is 0 Å². The third kappa shape index (κ3) is 2.54. The van der Waals surface area contributed by atoms with E-state index in [-0.39, 0.29) is 13.2 Å². The quantitative estimate of drug-likeness (QED) is 0.464. The second-order valence-corrected chi connectivity index (χ2v) is 1.97. The molecule has 4 N–H and O–H groups in total. The molecule has 66 valence electrons. The Hall–Kier alpha value is -1.63. The van der Waals surface area contributed by atoms with Crippen LogP contribution in [0.15, 0.2) is 6.20 Å². The SMILES string of the molecule is O=C(NCCO)Nc1cnn[nH]1. The van der Waals surface area contributed by atoms with E-state index >= 15 is 0 Å². The number of H-pyrrole nitrogens is 1. The lowest BCUT2D eigenvalue weighted by molar-refractivity contribution is 0.244. The summed E-state index contributed by atoms with van der Waals surface area (Å²) in [4.78, 5) is 10.9. The molecule has 1 aromatic rings. The van der Waals surface area contributed by atoms with Gasteiger partial charge in [-0.15, -0.1) is 5.10 Å². The van der Waals surface area contributed by atoms with Crippen LogP contribution >= 0.6 is 0 Å². The van der Waals surface area contributed by atoms with Gasteiger partial charge in [0.2, 0.25) is 0 Å². The molecule has 0 spiro atoms. The van der Waals surface area contributed by atoms with Crippen LogP contribution in [0.1, 0.15) is 0 Å². The van der Waals surface area contributed by atoms with Gasteiger partial charge >= 0.3 is 6.03 Å².